The van der Waals surface area contributed by atoms with E-state index >= 15 is 0 Å². The molecule has 2 aromatic rings. The SMILES string of the molecule is Cc1cc(C(Br)c2cc(C)c(F)c(C)c2)ccc1F. The predicted molar refractivity (Wildman–Crippen MR) is 77.8 cm³/mol. The molecule has 3 heteroatoms. The molecule has 1 atom stereocenters. The summed E-state index contributed by atoms with van der Waals surface area (Å²) in [6, 6.07) is 8.65. The van der Waals surface area contributed by atoms with Crippen LogP contribution < -0.4 is 0 Å². The fraction of sp³-hybridized carbons (Fsp3) is 0.250. The molecule has 100 valence electrons. The molecule has 0 amide bonds. The molecule has 0 nitrogen and oxygen atoms in total. The first-order chi connectivity index (χ1) is 8.90. The van der Waals surface area contributed by atoms with Gasteiger partial charge in [-0.25, -0.2) is 8.78 Å². The van der Waals surface area contributed by atoms with Crippen LogP contribution in [-0.4, -0.2) is 0 Å². The van der Waals surface area contributed by atoms with Crippen LogP contribution in [0, 0.1) is 32.4 Å². The fourth-order valence-corrected chi connectivity index (χ4v) is 2.69. The summed E-state index contributed by atoms with van der Waals surface area (Å²) in [6.45, 7) is 5.24. The van der Waals surface area contributed by atoms with E-state index in [0.29, 0.717) is 16.7 Å². The molecule has 1 unspecified atom stereocenters. The maximum Gasteiger partial charge on any atom is 0.129 e. The van der Waals surface area contributed by atoms with Gasteiger partial charge in [-0.1, -0.05) is 40.2 Å². The fourth-order valence-electron chi connectivity index (χ4n) is 2.14. The van der Waals surface area contributed by atoms with Crippen molar-refractivity contribution in [2.45, 2.75) is 25.6 Å². The molecule has 0 aliphatic carbocycles. The highest BCUT2D eigenvalue weighted by Gasteiger charge is 2.14. The largest absolute Gasteiger partial charge is 0.207 e. The minimum Gasteiger partial charge on any atom is -0.207 e. The monoisotopic (exact) mass is 324 g/mol. The molecule has 0 aliphatic heterocycles. The van der Waals surface area contributed by atoms with Crippen molar-refractivity contribution < 1.29 is 8.78 Å². The molecule has 0 saturated heterocycles. The number of alkyl halides is 1. The normalized spacial score (nSPS) is 12.5. The van der Waals surface area contributed by atoms with Gasteiger partial charge in [-0.05, 0) is 54.7 Å². The van der Waals surface area contributed by atoms with E-state index in [2.05, 4.69) is 15.9 Å². The van der Waals surface area contributed by atoms with E-state index in [9.17, 15) is 8.78 Å². The zero-order chi connectivity index (χ0) is 14.2. The molecule has 0 N–H and O–H groups in total. The number of rotatable bonds is 2. The Balaban J connectivity index is 2.43. The molecule has 0 aliphatic rings. The van der Waals surface area contributed by atoms with Crippen LogP contribution in [0.25, 0.3) is 0 Å². The summed E-state index contributed by atoms with van der Waals surface area (Å²) in [5.74, 6) is -0.381. The Labute approximate surface area is 120 Å². The van der Waals surface area contributed by atoms with Crippen LogP contribution in [0.4, 0.5) is 8.78 Å². The van der Waals surface area contributed by atoms with Crippen LogP contribution in [0.2, 0.25) is 0 Å². The first kappa shape index (κ1) is 14.2. The molecule has 0 saturated carbocycles. The number of halogens is 3. The Hall–Kier alpha value is -1.22. The topological polar surface area (TPSA) is 0 Å². The standard InChI is InChI=1S/C16H15BrF2/c1-9-6-12(4-5-14(9)18)15(17)13-7-10(2)16(19)11(3)8-13/h4-8,15H,1-3H3. The third-order valence-electron chi connectivity index (χ3n) is 3.23. The Morgan fingerprint density at radius 2 is 1.37 bits per heavy atom. The minimum absolute atomic E-state index is 0.0650. The molecule has 2 rings (SSSR count). The van der Waals surface area contributed by atoms with Gasteiger partial charge in [0, 0.05) is 0 Å². The highest BCUT2D eigenvalue weighted by Crippen LogP contribution is 2.33. The van der Waals surface area contributed by atoms with Crippen LogP contribution >= 0.6 is 15.9 Å². The summed E-state index contributed by atoms with van der Waals surface area (Å²) in [6.07, 6.45) is 0. The van der Waals surface area contributed by atoms with E-state index in [1.165, 1.54) is 6.07 Å². The first-order valence-corrected chi connectivity index (χ1v) is 6.98. The van der Waals surface area contributed by atoms with Crippen molar-refractivity contribution in [1.29, 1.82) is 0 Å². The maximum absolute atomic E-state index is 13.6. The van der Waals surface area contributed by atoms with E-state index in [1.807, 2.05) is 18.2 Å². The van der Waals surface area contributed by atoms with Gasteiger partial charge in [-0.15, -0.1) is 0 Å². The molecule has 0 fully saturated rings. The highest BCUT2D eigenvalue weighted by molar-refractivity contribution is 9.09. The molecule has 0 radical (unpaired) electrons. The Bertz CT molecular complexity index is 597. The van der Waals surface area contributed by atoms with E-state index in [0.717, 1.165) is 11.1 Å². The summed E-state index contributed by atoms with van der Waals surface area (Å²) < 4.78 is 26.9. The Kier molecular flexibility index (Phi) is 4.04. The van der Waals surface area contributed by atoms with Gasteiger partial charge < -0.3 is 0 Å². The van der Waals surface area contributed by atoms with E-state index < -0.39 is 0 Å². The van der Waals surface area contributed by atoms with Gasteiger partial charge in [-0.2, -0.15) is 0 Å². The molecule has 0 spiro atoms. The van der Waals surface area contributed by atoms with E-state index in [4.69, 9.17) is 0 Å². The van der Waals surface area contributed by atoms with Gasteiger partial charge in [0.15, 0.2) is 0 Å². The Morgan fingerprint density at radius 3 is 1.89 bits per heavy atom. The van der Waals surface area contributed by atoms with Crippen molar-refractivity contribution in [1.82, 2.24) is 0 Å². The summed E-state index contributed by atoms with van der Waals surface area (Å²) in [5, 5.41) is 0. The zero-order valence-corrected chi connectivity index (χ0v) is 12.7. The lowest BCUT2D eigenvalue weighted by molar-refractivity contribution is 0.608. The van der Waals surface area contributed by atoms with Crippen molar-refractivity contribution in [3.05, 3.63) is 69.8 Å². The van der Waals surface area contributed by atoms with Crippen molar-refractivity contribution in [3.8, 4) is 0 Å². The first-order valence-electron chi connectivity index (χ1n) is 6.07. The molecule has 0 aromatic heterocycles. The van der Waals surface area contributed by atoms with Crippen LogP contribution in [-0.2, 0) is 0 Å². The summed E-state index contributed by atoms with van der Waals surface area (Å²) in [4.78, 5) is -0.0650. The molecule has 0 heterocycles. The summed E-state index contributed by atoms with van der Waals surface area (Å²) in [5.41, 5.74) is 3.79. The minimum atomic E-state index is -0.213. The molecule has 19 heavy (non-hydrogen) atoms. The van der Waals surface area contributed by atoms with Gasteiger partial charge in [-0.3, -0.25) is 0 Å². The van der Waals surface area contributed by atoms with Gasteiger partial charge in [0.1, 0.15) is 11.6 Å². The number of hydrogen-bond donors (Lipinski definition) is 0. The quantitative estimate of drug-likeness (QED) is 0.651. The van der Waals surface area contributed by atoms with Crippen LogP contribution in [0.15, 0.2) is 30.3 Å². The summed E-state index contributed by atoms with van der Waals surface area (Å²) in [7, 11) is 0. The van der Waals surface area contributed by atoms with E-state index in [1.54, 1.807) is 26.8 Å². The van der Waals surface area contributed by atoms with Crippen LogP contribution in [0.1, 0.15) is 32.6 Å². The second-order valence-corrected chi connectivity index (χ2v) is 5.76. The second kappa shape index (κ2) is 5.41. The average molecular weight is 325 g/mol. The van der Waals surface area contributed by atoms with Gasteiger partial charge in [0.25, 0.3) is 0 Å². The summed E-state index contributed by atoms with van der Waals surface area (Å²) >= 11 is 3.60. The number of aryl methyl sites for hydroxylation is 3. The second-order valence-electron chi connectivity index (χ2n) is 4.84. The van der Waals surface area contributed by atoms with Crippen molar-refractivity contribution in [3.63, 3.8) is 0 Å². The lowest BCUT2D eigenvalue weighted by Gasteiger charge is -2.14. The lowest BCUT2D eigenvalue weighted by Crippen LogP contribution is -1.98. The average Bonchev–Trinajstić information content (AvgIpc) is 2.37. The Morgan fingerprint density at radius 1 is 0.842 bits per heavy atom. The third kappa shape index (κ3) is 2.86. The van der Waals surface area contributed by atoms with Crippen molar-refractivity contribution >= 4 is 15.9 Å². The molecule has 2 aromatic carbocycles. The number of hydrogen-bond acceptors (Lipinski definition) is 0. The maximum atomic E-state index is 13.6. The molecular formula is C16H15BrF2. The van der Waals surface area contributed by atoms with Gasteiger partial charge in [0.05, 0.1) is 4.83 Å². The van der Waals surface area contributed by atoms with E-state index in [-0.39, 0.29) is 16.5 Å². The van der Waals surface area contributed by atoms with Crippen molar-refractivity contribution in [2.24, 2.45) is 0 Å². The lowest BCUT2D eigenvalue weighted by atomic mass is 9.99. The van der Waals surface area contributed by atoms with Gasteiger partial charge in [0.2, 0.25) is 0 Å². The smallest absolute Gasteiger partial charge is 0.129 e. The highest BCUT2D eigenvalue weighted by atomic mass is 79.9. The predicted octanol–water partition coefficient (Wildman–Crippen LogP) is 5.37. The molecule has 0 bridgehead atoms. The third-order valence-corrected chi connectivity index (χ3v) is 4.28. The zero-order valence-electron chi connectivity index (χ0n) is 11.1. The van der Waals surface area contributed by atoms with Crippen LogP contribution in [0.5, 0.6) is 0 Å². The molecular weight excluding hydrogens is 310 g/mol. The number of benzene rings is 2. The van der Waals surface area contributed by atoms with Crippen molar-refractivity contribution in [2.75, 3.05) is 0 Å². The van der Waals surface area contributed by atoms with Gasteiger partial charge >= 0.3 is 0 Å². The van der Waals surface area contributed by atoms with Crippen LogP contribution in [0.3, 0.4) is 0 Å².